The standard InChI is InChI=1S/C16H20FN5O4/c1-3-25-14(23)13-12(10-5-7-11(17)8-6-10)9-21-15(18-19-20-21)22(13)16(24)26-4-2/h5-8,12-13,15H,3-4,9H2,1-2H3,(H,18,20). The summed E-state index contributed by atoms with van der Waals surface area (Å²) in [6, 6.07) is 4.81. The van der Waals surface area contributed by atoms with Crippen LogP contribution in [0.5, 0.6) is 0 Å². The number of halogens is 1. The Morgan fingerprint density at radius 2 is 1.92 bits per heavy atom. The zero-order valence-corrected chi connectivity index (χ0v) is 14.5. The van der Waals surface area contributed by atoms with Gasteiger partial charge in [-0.25, -0.2) is 19.5 Å². The predicted molar refractivity (Wildman–Crippen MR) is 86.9 cm³/mol. The minimum Gasteiger partial charge on any atom is -0.464 e. The van der Waals surface area contributed by atoms with Crippen LogP contribution in [0.1, 0.15) is 25.3 Å². The molecule has 0 radical (unpaired) electrons. The molecule has 2 aliphatic heterocycles. The molecule has 1 fully saturated rings. The molecule has 2 aliphatic rings. The van der Waals surface area contributed by atoms with Crippen molar-refractivity contribution in [2.45, 2.75) is 32.1 Å². The van der Waals surface area contributed by atoms with Crippen molar-refractivity contribution < 1.29 is 23.5 Å². The molecule has 3 unspecified atom stereocenters. The molecule has 3 rings (SSSR count). The quantitative estimate of drug-likeness (QED) is 0.817. The number of ether oxygens (including phenoxy) is 2. The van der Waals surface area contributed by atoms with Crippen LogP contribution in [-0.2, 0) is 14.3 Å². The van der Waals surface area contributed by atoms with Crippen LogP contribution in [0.3, 0.4) is 0 Å². The van der Waals surface area contributed by atoms with E-state index in [2.05, 4.69) is 15.9 Å². The number of amides is 1. The Bertz CT molecular complexity index is 698. The fourth-order valence-corrected chi connectivity index (χ4v) is 3.15. The summed E-state index contributed by atoms with van der Waals surface area (Å²) in [6.07, 6.45) is -1.52. The molecule has 3 atom stereocenters. The smallest absolute Gasteiger partial charge is 0.413 e. The molecule has 1 aromatic carbocycles. The van der Waals surface area contributed by atoms with Gasteiger partial charge in [-0.3, -0.25) is 4.90 Å². The second kappa shape index (κ2) is 7.65. The normalized spacial score (nSPS) is 24.7. The van der Waals surface area contributed by atoms with E-state index in [4.69, 9.17) is 9.47 Å². The fourth-order valence-electron chi connectivity index (χ4n) is 3.15. The van der Waals surface area contributed by atoms with E-state index in [1.807, 2.05) is 0 Å². The zero-order valence-electron chi connectivity index (χ0n) is 14.5. The van der Waals surface area contributed by atoms with Crippen molar-refractivity contribution in [3.8, 4) is 0 Å². The first-order valence-corrected chi connectivity index (χ1v) is 8.36. The van der Waals surface area contributed by atoms with Crippen molar-refractivity contribution in [1.82, 2.24) is 15.4 Å². The molecule has 1 N–H and O–H groups in total. The van der Waals surface area contributed by atoms with Gasteiger partial charge in [0.25, 0.3) is 0 Å². The summed E-state index contributed by atoms with van der Waals surface area (Å²) in [7, 11) is 0. The van der Waals surface area contributed by atoms with E-state index < -0.39 is 30.3 Å². The zero-order chi connectivity index (χ0) is 18.7. The van der Waals surface area contributed by atoms with Crippen LogP contribution in [0, 0.1) is 5.82 Å². The van der Waals surface area contributed by atoms with Crippen molar-refractivity contribution in [2.24, 2.45) is 10.3 Å². The molecule has 9 nitrogen and oxygen atoms in total. The molecule has 1 amide bonds. The number of hydrogen-bond donors (Lipinski definition) is 1. The lowest BCUT2D eigenvalue weighted by atomic mass is 9.88. The highest BCUT2D eigenvalue weighted by molar-refractivity contribution is 5.83. The third kappa shape index (κ3) is 3.32. The van der Waals surface area contributed by atoms with Crippen molar-refractivity contribution in [2.75, 3.05) is 19.8 Å². The third-order valence-corrected chi connectivity index (χ3v) is 4.24. The Morgan fingerprint density at radius 1 is 1.23 bits per heavy atom. The Balaban J connectivity index is 2.02. The average Bonchev–Trinajstić information content (AvgIpc) is 3.09. The molecular formula is C16H20FN5O4. The highest BCUT2D eigenvalue weighted by Crippen LogP contribution is 2.35. The summed E-state index contributed by atoms with van der Waals surface area (Å²) in [5, 5.41) is 9.33. The van der Waals surface area contributed by atoms with Crippen molar-refractivity contribution in [1.29, 1.82) is 0 Å². The number of hydrazine groups is 1. The van der Waals surface area contributed by atoms with E-state index in [-0.39, 0.29) is 19.0 Å². The fraction of sp³-hybridized carbons (Fsp3) is 0.500. The Labute approximate surface area is 149 Å². The molecule has 140 valence electrons. The number of fused-ring (bicyclic) bond motifs is 1. The number of rotatable bonds is 4. The van der Waals surface area contributed by atoms with E-state index >= 15 is 0 Å². The maximum absolute atomic E-state index is 13.3. The van der Waals surface area contributed by atoms with Gasteiger partial charge < -0.3 is 9.47 Å². The number of nitrogens with one attached hydrogen (secondary N) is 1. The van der Waals surface area contributed by atoms with E-state index in [9.17, 15) is 14.0 Å². The maximum Gasteiger partial charge on any atom is 0.413 e. The van der Waals surface area contributed by atoms with Gasteiger partial charge >= 0.3 is 12.1 Å². The summed E-state index contributed by atoms with van der Waals surface area (Å²) in [6.45, 7) is 3.98. The topological polar surface area (TPSA) is 95.8 Å². The molecule has 0 saturated carbocycles. The number of benzene rings is 1. The maximum atomic E-state index is 13.3. The highest BCUT2D eigenvalue weighted by atomic mass is 19.1. The van der Waals surface area contributed by atoms with Gasteiger partial charge in [-0.2, -0.15) is 5.01 Å². The minimum absolute atomic E-state index is 0.142. The molecule has 0 aromatic heterocycles. The van der Waals surface area contributed by atoms with E-state index in [1.54, 1.807) is 31.0 Å². The first-order chi connectivity index (χ1) is 12.6. The van der Waals surface area contributed by atoms with Gasteiger partial charge in [0.2, 0.25) is 6.29 Å². The SMILES string of the molecule is CCOC(=O)C1C(c2ccc(F)cc2)CN2NN=NC2N1C(=O)OCC. The monoisotopic (exact) mass is 365 g/mol. The number of esters is 1. The molecule has 26 heavy (non-hydrogen) atoms. The molecule has 0 spiro atoms. The summed E-state index contributed by atoms with van der Waals surface area (Å²) >= 11 is 0. The van der Waals surface area contributed by atoms with Crippen LogP contribution in [0.4, 0.5) is 9.18 Å². The van der Waals surface area contributed by atoms with Gasteiger partial charge in [-0.15, -0.1) is 5.11 Å². The number of hydrogen-bond acceptors (Lipinski definition) is 8. The van der Waals surface area contributed by atoms with Crippen LogP contribution in [-0.4, -0.2) is 54.1 Å². The van der Waals surface area contributed by atoms with E-state index in [0.29, 0.717) is 12.1 Å². The van der Waals surface area contributed by atoms with Crippen molar-refractivity contribution in [3.05, 3.63) is 35.6 Å². The largest absolute Gasteiger partial charge is 0.464 e. The van der Waals surface area contributed by atoms with Crippen LogP contribution in [0.15, 0.2) is 34.6 Å². The molecule has 1 saturated heterocycles. The van der Waals surface area contributed by atoms with Gasteiger partial charge in [0.15, 0.2) is 0 Å². The van der Waals surface area contributed by atoms with E-state index in [1.165, 1.54) is 17.0 Å². The van der Waals surface area contributed by atoms with Crippen LogP contribution in [0.25, 0.3) is 0 Å². The predicted octanol–water partition coefficient (Wildman–Crippen LogP) is 1.78. The van der Waals surface area contributed by atoms with Crippen LogP contribution in [0.2, 0.25) is 0 Å². The second-order valence-electron chi connectivity index (χ2n) is 5.78. The average molecular weight is 365 g/mol. The number of nitrogens with zero attached hydrogens (tertiary/aromatic N) is 4. The van der Waals surface area contributed by atoms with Gasteiger partial charge in [0.1, 0.15) is 11.9 Å². The van der Waals surface area contributed by atoms with Crippen LogP contribution < -0.4 is 5.53 Å². The molecule has 2 heterocycles. The molecule has 10 heteroatoms. The Kier molecular flexibility index (Phi) is 5.31. The lowest BCUT2D eigenvalue weighted by Gasteiger charge is -2.44. The first-order valence-electron chi connectivity index (χ1n) is 8.36. The first kappa shape index (κ1) is 18.1. The molecule has 0 aliphatic carbocycles. The number of carbonyl (C=O) groups is 2. The minimum atomic E-state index is -0.973. The lowest BCUT2D eigenvalue weighted by Crippen LogP contribution is -2.65. The summed E-state index contributed by atoms with van der Waals surface area (Å²) < 4.78 is 23.6. The summed E-state index contributed by atoms with van der Waals surface area (Å²) in [4.78, 5) is 26.5. The van der Waals surface area contributed by atoms with Crippen molar-refractivity contribution in [3.63, 3.8) is 0 Å². The van der Waals surface area contributed by atoms with Gasteiger partial charge in [-0.1, -0.05) is 17.4 Å². The van der Waals surface area contributed by atoms with Gasteiger partial charge in [0.05, 0.1) is 13.2 Å². The second-order valence-corrected chi connectivity index (χ2v) is 5.78. The highest BCUT2D eigenvalue weighted by Gasteiger charge is 2.51. The van der Waals surface area contributed by atoms with E-state index in [0.717, 1.165) is 0 Å². The van der Waals surface area contributed by atoms with Crippen LogP contribution >= 0.6 is 0 Å². The molecular weight excluding hydrogens is 345 g/mol. The lowest BCUT2D eigenvalue weighted by molar-refractivity contribution is -0.157. The van der Waals surface area contributed by atoms with Gasteiger partial charge in [-0.05, 0) is 31.5 Å². The summed E-state index contributed by atoms with van der Waals surface area (Å²) in [5.41, 5.74) is 3.39. The van der Waals surface area contributed by atoms with Gasteiger partial charge in [0, 0.05) is 12.5 Å². The number of carbonyl (C=O) groups excluding carboxylic acids is 2. The Hall–Kier alpha value is -2.75. The Morgan fingerprint density at radius 3 is 2.58 bits per heavy atom. The molecule has 1 aromatic rings. The van der Waals surface area contributed by atoms with Crippen molar-refractivity contribution >= 4 is 12.1 Å². The third-order valence-electron chi connectivity index (χ3n) is 4.24. The summed E-state index contributed by atoms with van der Waals surface area (Å²) in [5.74, 6) is -1.44. The molecule has 0 bridgehead atoms.